The molecule has 14 heteroatoms. The van der Waals surface area contributed by atoms with E-state index in [1.807, 2.05) is 0 Å². The molecule has 0 bridgehead atoms. The Hall–Kier alpha value is -2.55. The fraction of sp³-hybridized carbons (Fsp3) is 0.579. The maximum Gasteiger partial charge on any atom is 0.406 e. The maximum atomic E-state index is 13.4. The molecule has 1 rings (SSSR count). The summed E-state index contributed by atoms with van der Waals surface area (Å²) < 4.78 is 95.2. The molecule has 0 aromatic heterocycles. The predicted molar refractivity (Wildman–Crippen MR) is 100 cm³/mol. The van der Waals surface area contributed by atoms with Crippen LogP contribution in [0.15, 0.2) is 0 Å². The molecule has 0 heterocycles. The van der Waals surface area contributed by atoms with Crippen molar-refractivity contribution in [1.29, 1.82) is 0 Å². The first kappa shape index (κ1) is 28.5. The van der Waals surface area contributed by atoms with Crippen molar-refractivity contribution < 1.29 is 60.0 Å². The van der Waals surface area contributed by atoms with Crippen LogP contribution >= 0.6 is 0 Å². The van der Waals surface area contributed by atoms with Gasteiger partial charge in [0.1, 0.15) is 0 Å². The van der Waals surface area contributed by atoms with E-state index < -0.39 is 53.3 Å². The Morgan fingerprint density at radius 1 is 0.667 bits per heavy atom. The normalized spacial score (nSPS) is 10.8. The van der Waals surface area contributed by atoms with Crippen molar-refractivity contribution in [3.05, 3.63) is 29.1 Å². The minimum atomic E-state index is -2.35. The molecule has 0 fully saturated rings. The van der Waals surface area contributed by atoms with Gasteiger partial charge in [-0.05, 0) is 0 Å². The molecule has 9 nitrogen and oxygen atoms in total. The average molecular weight is 489 g/mol. The number of esters is 1. The Morgan fingerprint density at radius 2 is 1.09 bits per heavy atom. The highest BCUT2D eigenvalue weighted by Crippen LogP contribution is 2.29. The van der Waals surface area contributed by atoms with Crippen LogP contribution < -0.4 is 10.1 Å². The van der Waals surface area contributed by atoms with Gasteiger partial charge in [-0.15, -0.1) is 0 Å². The summed E-state index contributed by atoms with van der Waals surface area (Å²) in [5.41, 5.74) is 0. The number of hydrogen-bond acceptors (Lipinski definition) is 8. The molecule has 188 valence electrons. The fourth-order valence-electron chi connectivity index (χ4n) is 2.05. The van der Waals surface area contributed by atoms with Gasteiger partial charge in [0.25, 0.3) is 0 Å². The van der Waals surface area contributed by atoms with Crippen LogP contribution in [0.5, 0.6) is 5.75 Å². The highest BCUT2D eigenvalue weighted by molar-refractivity contribution is 5.72. The Balaban J connectivity index is 2.01. The van der Waals surface area contributed by atoms with Crippen molar-refractivity contribution in [3.8, 4) is 5.75 Å². The van der Waals surface area contributed by atoms with Gasteiger partial charge in [0.2, 0.25) is 34.8 Å². The summed E-state index contributed by atoms with van der Waals surface area (Å²) in [7, 11) is 1.26. The van der Waals surface area contributed by atoms with E-state index in [0.29, 0.717) is 26.4 Å². The molecule has 0 aliphatic rings. The Morgan fingerprint density at radius 3 is 1.58 bits per heavy atom. The Bertz CT molecular complexity index is 739. The van der Waals surface area contributed by atoms with E-state index in [4.69, 9.17) is 18.9 Å². The molecular formula is C19H24F5NO8. The van der Waals surface area contributed by atoms with Crippen molar-refractivity contribution in [3.63, 3.8) is 0 Å². The minimum absolute atomic E-state index is 0.0755. The molecule has 1 aromatic rings. The zero-order valence-corrected chi connectivity index (χ0v) is 17.7. The number of nitrogens with one attached hydrogen (secondary N) is 1. The second-order valence-corrected chi connectivity index (χ2v) is 5.99. The van der Waals surface area contributed by atoms with Gasteiger partial charge in [0.15, 0.2) is 0 Å². The molecule has 33 heavy (non-hydrogen) atoms. The number of carbonyl (C=O) groups is 2. The number of amides is 1. The molecule has 1 N–H and O–H groups in total. The van der Waals surface area contributed by atoms with Crippen LogP contribution in [-0.4, -0.2) is 78.6 Å². The third-order valence-electron chi connectivity index (χ3n) is 3.65. The zero-order valence-electron chi connectivity index (χ0n) is 17.7. The summed E-state index contributed by atoms with van der Waals surface area (Å²) in [6.07, 6.45) is -1.03. The van der Waals surface area contributed by atoms with E-state index in [2.05, 4.69) is 14.8 Å². The summed E-state index contributed by atoms with van der Waals surface area (Å²) in [4.78, 5) is 22.3. The van der Waals surface area contributed by atoms with E-state index in [1.165, 1.54) is 7.11 Å². The molecule has 0 saturated carbocycles. The fourth-order valence-corrected chi connectivity index (χ4v) is 2.05. The van der Waals surface area contributed by atoms with Crippen LogP contribution in [0, 0.1) is 29.1 Å². The standard InChI is InChI=1S/C19H24F5NO8/c1-28-19(27)25-3-5-30-7-9-32-11-10-31-8-6-29-4-2-12(26)33-18-16(23)14(21)13(20)15(22)17(18)24/h2-11H2,1H3,(H,25,27). The lowest BCUT2D eigenvalue weighted by Crippen LogP contribution is -2.27. The number of benzene rings is 1. The topological polar surface area (TPSA) is 102 Å². The van der Waals surface area contributed by atoms with E-state index >= 15 is 0 Å². The highest BCUT2D eigenvalue weighted by Gasteiger charge is 2.28. The van der Waals surface area contributed by atoms with Crippen molar-refractivity contribution in [1.82, 2.24) is 5.32 Å². The van der Waals surface area contributed by atoms with Crippen LogP contribution in [0.25, 0.3) is 0 Å². The van der Waals surface area contributed by atoms with Gasteiger partial charge < -0.3 is 33.7 Å². The number of ether oxygens (including phenoxy) is 6. The number of hydrogen-bond donors (Lipinski definition) is 1. The van der Waals surface area contributed by atoms with Crippen LogP contribution in [-0.2, 0) is 28.5 Å². The molecule has 0 atom stereocenters. The number of alkyl carbamates (subject to hydrolysis) is 1. The van der Waals surface area contributed by atoms with Gasteiger partial charge in [-0.3, -0.25) is 4.79 Å². The average Bonchev–Trinajstić information content (AvgIpc) is 2.81. The van der Waals surface area contributed by atoms with E-state index in [0.717, 1.165) is 0 Å². The molecule has 0 unspecified atom stereocenters. The van der Waals surface area contributed by atoms with Crippen molar-refractivity contribution in [2.24, 2.45) is 0 Å². The molecule has 1 aromatic carbocycles. The van der Waals surface area contributed by atoms with Gasteiger partial charge in [-0.2, -0.15) is 8.78 Å². The van der Waals surface area contributed by atoms with E-state index in [9.17, 15) is 31.5 Å². The molecule has 0 radical (unpaired) electrons. The van der Waals surface area contributed by atoms with Gasteiger partial charge in [-0.25, -0.2) is 18.0 Å². The molecule has 0 spiro atoms. The second kappa shape index (κ2) is 16.1. The van der Waals surface area contributed by atoms with Crippen LogP contribution in [0.1, 0.15) is 6.42 Å². The largest absolute Gasteiger partial charge is 0.453 e. The molecule has 0 aliphatic carbocycles. The van der Waals surface area contributed by atoms with Gasteiger partial charge in [0, 0.05) is 6.54 Å². The smallest absolute Gasteiger partial charge is 0.406 e. The lowest BCUT2D eigenvalue weighted by atomic mass is 10.2. The number of halogens is 5. The molecular weight excluding hydrogens is 465 g/mol. The quantitative estimate of drug-likeness (QED) is 0.0941. The third kappa shape index (κ3) is 10.7. The maximum absolute atomic E-state index is 13.4. The summed E-state index contributed by atoms with van der Waals surface area (Å²) >= 11 is 0. The number of rotatable bonds is 16. The minimum Gasteiger partial charge on any atom is -0.453 e. The van der Waals surface area contributed by atoms with E-state index in [1.54, 1.807) is 0 Å². The third-order valence-corrected chi connectivity index (χ3v) is 3.65. The SMILES string of the molecule is COC(=O)NCCOCCOCCOCCOCCC(=O)Oc1c(F)c(F)c(F)c(F)c1F. The van der Waals surface area contributed by atoms with E-state index in [-0.39, 0.29) is 33.0 Å². The monoisotopic (exact) mass is 489 g/mol. The van der Waals surface area contributed by atoms with Crippen molar-refractivity contribution >= 4 is 12.1 Å². The summed E-state index contributed by atoms with van der Waals surface area (Å²) in [6, 6.07) is 0. The second-order valence-electron chi connectivity index (χ2n) is 5.99. The summed E-state index contributed by atoms with van der Waals surface area (Å²) in [6.45, 7) is 1.82. The summed E-state index contributed by atoms with van der Waals surface area (Å²) in [5, 5.41) is 2.44. The molecule has 0 aliphatic heterocycles. The Kier molecular flexibility index (Phi) is 13.9. The van der Waals surface area contributed by atoms with Crippen molar-refractivity contribution in [2.45, 2.75) is 6.42 Å². The first-order valence-electron chi connectivity index (χ1n) is 9.64. The predicted octanol–water partition coefficient (Wildman–Crippen LogP) is 2.10. The zero-order chi connectivity index (χ0) is 24.6. The van der Waals surface area contributed by atoms with Crippen LogP contribution in [0.2, 0.25) is 0 Å². The number of methoxy groups -OCH3 is 1. The van der Waals surface area contributed by atoms with Crippen molar-refractivity contribution in [2.75, 3.05) is 66.5 Å². The lowest BCUT2D eigenvalue weighted by molar-refractivity contribution is -0.136. The molecule has 1 amide bonds. The van der Waals surface area contributed by atoms with Gasteiger partial charge in [0.05, 0.1) is 66.4 Å². The van der Waals surface area contributed by atoms with Gasteiger partial charge >= 0.3 is 12.1 Å². The van der Waals surface area contributed by atoms with Crippen LogP contribution in [0.3, 0.4) is 0 Å². The first-order valence-corrected chi connectivity index (χ1v) is 9.64. The summed E-state index contributed by atoms with van der Waals surface area (Å²) in [5.74, 6) is -14.2. The molecule has 0 saturated heterocycles. The number of carbonyl (C=O) groups excluding carboxylic acids is 2. The lowest BCUT2D eigenvalue weighted by Gasteiger charge is -2.09. The first-order chi connectivity index (χ1) is 15.8. The Labute approximate surface area is 186 Å². The van der Waals surface area contributed by atoms with Crippen LogP contribution in [0.4, 0.5) is 26.7 Å². The highest BCUT2D eigenvalue weighted by atomic mass is 19.2. The van der Waals surface area contributed by atoms with Gasteiger partial charge in [-0.1, -0.05) is 0 Å².